The van der Waals surface area contributed by atoms with Gasteiger partial charge in [0, 0.05) is 30.2 Å². The molecule has 0 fully saturated rings. The second-order valence-corrected chi connectivity index (χ2v) is 5.14. The van der Waals surface area contributed by atoms with Gasteiger partial charge in [-0.05, 0) is 6.92 Å². The summed E-state index contributed by atoms with van der Waals surface area (Å²) < 4.78 is 1.74. The molecule has 0 spiro atoms. The molecule has 1 amide bonds. The highest BCUT2D eigenvalue weighted by molar-refractivity contribution is 7.13. The number of nitrogens with zero attached hydrogens (tertiary/aromatic N) is 4. The van der Waals surface area contributed by atoms with Crippen LogP contribution in [0.4, 0.5) is 5.13 Å². The van der Waals surface area contributed by atoms with E-state index in [0.29, 0.717) is 17.4 Å². The van der Waals surface area contributed by atoms with Gasteiger partial charge < -0.3 is 15.9 Å². The Bertz CT molecular complexity index is 675. The molecule has 112 valence electrons. The van der Waals surface area contributed by atoms with E-state index in [1.54, 1.807) is 16.3 Å². The highest BCUT2D eigenvalue weighted by Crippen LogP contribution is 2.12. The highest BCUT2D eigenvalue weighted by Gasteiger charge is 2.18. The molecule has 2 heterocycles. The van der Waals surface area contributed by atoms with Gasteiger partial charge in [0.15, 0.2) is 10.8 Å². The summed E-state index contributed by atoms with van der Waals surface area (Å²) in [4.78, 5) is 20.9. The summed E-state index contributed by atoms with van der Waals surface area (Å²) in [5.41, 5.74) is 7.96. The van der Waals surface area contributed by atoms with E-state index in [1.165, 1.54) is 18.4 Å². The lowest BCUT2D eigenvalue weighted by Gasteiger charge is -2.05. The van der Waals surface area contributed by atoms with Crippen LogP contribution in [0.3, 0.4) is 0 Å². The fourth-order valence-corrected chi connectivity index (χ4v) is 2.22. The Balaban J connectivity index is 2.10. The summed E-state index contributed by atoms with van der Waals surface area (Å²) in [7, 11) is 3.21. The van der Waals surface area contributed by atoms with Crippen LogP contribution in [0.2, 0.25) is 0 Å². The zero-order valence-electron chi connectivity index (χ0n) is 12.0. The molecule has 0 radical (unpaired) electrons. The first-order valence-corrected chi connectivity index (χ1v) is 6.99. The smallest absolute Gasteiger partial charge is 0.275 e. The Morgan fingerprint density at radius 2 is 2.38 bits per heavy atom. The summed E-state index contributed by atoms with van der Waals surface area (Å²) in [6, 6.07) is 0. The van der Waals surface area contributed by atoms with Crippen molar-refractivity contribution in [1.29, 1.82) is 0 Å². The zero-order valence-corrected chi connectivity index (χ0v) is 12.8. The number of carbonyl (C=O) groups is 1. The lowest BCUT2D eigenvalue weighted by atomic mass is 10.2. The van der Waals surface area contributed by atoms with E-state index < -0.39 is 0 Å². The minimum absolute atomic E-state index is 0.0898. The van der Waals surface area contributed by atoms with Crippen molar-refractivity contribution in [2.24, 2.45) is 12.2 Å². The van der Waals surface area contributed by atoms with E-state index in [-0.39, 0.29) is 11.6 Å². The number of hydrogen-bond acceptors (Lipinski definition) is 7. The summed E-state index contributed by atoms with van der Waals surface area (Å²) in [6.07, 6.45) is 1.71. The van der Waals surface area contributed by atoms with Gasteiger partial charge in [-0.1, -0.05) is 5.16 Å². The maximum absolute atomic E-state index is 12.2. The Morgan fingerprint density at radius 1 is 1.62 bits per heavy atom. The number of hydrogen-bond donors (Lipinski definition) is 2. The molecule has 9 heteroatoms. The van der Waals surface area contributed by atoms with E-state index >= 15 is 0 Å². The molecule has 0 bridgehead atoms. The maximum atomic E-state index is 12.2. The summed E-state index contributed by atoms with van der Waals surface area (Å²) in [6.45, 7) is 2.28. The van der Waals surface area contributed by atoms with Crippen molar-refractivity contribution in [3.8, 4) is 0 Å². The molecule has 3 N–H and O–H groups in total. The van der Waals surface area contributed by atoms with Crippen LogP contribution in [0.5, 0.6) is 0 Å². The van der Waals surface area contributed by atoms with Crippen LogP contribution >= 0.6 is 11.3 Å². The number of aromatic nitrogens is 3. The first kappa shape index (κ1) is 15.0. The van der Waals surface area contributed by atoms with Gasteiger partial charge in [-0.2, -0.15) is 5.10 Å². The van der Waals surface area contributed by atoms with E-state index in [4.69, 9.17) is 10.6 Å². The summed E-state index contributed by atoms with van der Waals surface area (Å²) in [5.74, 6) is -0.384. The minimum Gasteiger partial charge on any atom is -0.398 e. The molecule has 2 aromatic heterocycles. The average Bonchev–Trinajstić information content (AvgIpc) is 3.02. The zero-order chi connectivity index (χ0) is 15.4. The molecule has 0 aliphatic heterocycles. The number of nitrogens with one attached hydrogen (secondary N) is 1. The van der Waals surface area contributed by atoms with Crippen LogP contribution in [0.15, 0.2) is 16.7 Å². The number of nitrogens with two attached hydrogens (primary N) is 1. The lowest BCUT2D eigenvalue weighted by molar-refractivity contribution is -0.115. The fraction of sp³-hybridized carbons (Fsp3) is 0.333. The predicted octanol–water partition coefficient (Wildman–Crippen LogP) is 0.434. The number of thiazole rings is 1. The number of nitrogen functional groups attached to an aromatic ring is 1. The van der Waals surface area contributed by atoms with Crippen molar-refractivity contribution in [1.82, 2.24) is 20.1 Å². The van der Waals surface area contributed by atoms with Crippen LogP contribution in [0.1, 0.15) is 17.0 Å². The molecule has 0 aromatic carbocycles. The Hall–Kier alpha value is -2.42. The standard InChI is InChI=1S/C12H16N6O2S/c1-7-8(5-15-18(7)2)4-14-11(19)10(17-20-3)9-6-21-12(13)16-9/h5-6H,4H2,1-3H3,(H2,13,16)(H,14,19). The summed E-state index contributed by atoms with van der Waals surface area (Å²) in [5, 5.41) is 12.6. The van der Waals surface area contributed by atoms with E-state index in [1.807, 2.05) is 14.0 Å². The monoisotopic (exact) mass is 308 g/mol. The lowest BCUT2D eigenvalue weighted by Crippen LogP contribution is -2.31. The van der Waals surface area contributed by atoms with E-state index in [2.05, 4.69) is 20.6 Å². The third-order valence-electron chi connectivity index (χ3n) is 2.94. The largest absolute Gasteiger partial charge is 0.398 e. The van der Waals surface area contributed by atoms with Gasteiger partial charge in [0.2, 0.25) is 0 Å². The molecule has 0 aliphatic carbocycles. The SMILES string of the molecule is CON=C(C(=O)NCc1cnn(C)c1C)c1csc(N)n1. The van der Waals surface area contributed by atoms with Gasteiger partial charge in [0.25, 0.3) is 5.91 Å². The quantitative estimate of drug-likeness (QED) is 0.615. The molecule has 0 unspecified atom stereocenters. The molecule has 0 aliphatic rings. The second-order valence-electron chi connectivity index (χ2n) is 4.25. The topological polar surface area (TPSA) is 107 Å². The van der Waals surface area contributed by atoms with Crippen molar-refractivity contribution < 1.29 is 9.63 Å². The van der Waals surface area contributed by atoms with Crippen LogP contribution in [-0.2, 0) is 23.2 Å². The average molecular weight is 308 g/mol. The van der Waals surface area contributed by atoms with Crippen LogP contribution < -0.4 is 11.1 Å². The van der Waals surface area contributed by atoms with Crippen molar-refractivity contribution >= 4 is 28.1 Å². The predicted molar refractivity (Wildman–Crippen MR) is 79.9 cm³/mol. The number of oxime groups is 1. The van der Waals surface area contributed by atoms with Gasteiger partial charge in [-0.3, -0.25) is 9.48 Å². The Labute approximate surface area is 125 Å². The fourth-order valence-electron chi connectivity index (χ4n) is 1.67. The van der Waals surface area contributed by atoms with Crippen LogP contribution in [0.25, 0.3) is 0 Å². The molecular weight excluding hydrogens is 292 g/mol. The van der Waals surface area contributed by atoms with Gasteiger partial charge in [-0.25, -0.2) is 4.98 Å². The molecular formula is C12H16N6O2S. The number of aryl methyl sites for hydroxylation is 1. The van der Waals surface area contributed by atoms with Crippen molar-refractivity contribution in [3.05, 3.63) is 28.5 Å². The van der Waals surface area contributed by atoms with E-state index in [9.17, 15) is 4.79 Å². The van der Waals surface area contributed by atoms with Crippen molar-refractivity contribution in [2.45, 2.75) is 13.5 Å². The molecule has 0 atom stereocenters. The first-order chi connectivity index (χ1) is 10.0. The van der Waals surface area contributed by atoms with Crippen LogP contribution in [-0.4, -0.2) is 33.5 Å². The molecule has 0 saturated carbocycles. The molecule has 8 nitrogen and oxygen atoms in total. The van der Waals surface area contributed by atoms with Gasteiger partial charge >= 0.3 is 0 Å². The van der Waals surface area contributed by atoms with Crippen molar-refractivity contribution in [3.63, 3.8) is 0 Å². The van der Waals surface area contributed by atoms with Gasteiger partial charge in [0.1, 0.15) is 12.8 Å². The number of rotatable bonds is 5. The van der Waals surface area contributed by atoms with E-state index in [0.717, 1.165) is 11.3 Å². The number of carbonyl (C=O) groups excluding carboxylic acids is 1. The van der Waals surface area contributed by atoms with Crippen LogP contribution in [0, 0.1) is 6.92 Å². The van der Waals surface area contributed by atoms with Crippen molar-refractivity contribution in [2.75, 3.05) is 12.8 Å². The third-order valence-corrected chi connectivity index (χ3v) is 3.61. The minimum atomic E-state index is -0.384. The number of anilines is 1. The molecule has 2 rings (SSSR count). The Morgan fingerprint density at radius 3 is 2.90 bits per heavy atom. The van der Waals surface area contributed by atoms with Gasteiger partial charge in [-0.15, -0.1) is 11.3 Å². The molecule has 2 aromatic rings. The normalized spacial score (nSPS) is 11.5. The maximum Gasteiger partial charge on any atom is 0.275 e. The third kappa shape index (κ3) is 3.37. The first-order valence-electron chi connectivity index (χ1n) is 6.11. The number of amides is 1. The molecule has 21 heavy (non-hydrogen) atoms. The Kier molecular flexibility index (Phi) is 4.53. The highest BCUT2D eigenvalue weighted by atomic mass is 32.1. The summed E-state index contributed by atoms with van der Waals surface area (Å²) >= 11 is 1.23. The van der Waals surface area contributed by atoms with Gasteiger partial charge in [0.05, 0.1) is 6.20 Å². The second kappa shape index (κ2) is 6.35. The molecule has 0 saturated heterocycles.